The Morgan fingerprint density at radius 3 is 2.81 bits per heavy atom. The van der Waals surface area contributed by atoms with Crippen LogP contribution in [-0.4, -0.2) is 24.1 Å². The van der Waals surface area contributed by atoms with Crippen molar-refractivity contribution in [3.8, 4) is 0 Å². The Bertz CT molecular complexity index is 525. The van der Waals surface area contributed by atoms with Crippen LogP contribution in [-0.2, 0) is 12.8 Å². The monoisotopic (exact) mass is 215 g/mol. The van der Waals surface area contributed by atoms with Crippen molar-refractivity contribution in [1.29, 1.82) is 0 Å². The fourth-order valence-corrected chi connectivity index (χ4v) is 2.50. The molecule has 0 bridgehead atoms. The average molecular weight is 215 g/mol. The summed E-state index contributed by atoms with van der Waals surface area (Å²) in [5.41, 5.74) is 5.31. The number of hydrogen-bond donors (Lipinski definition) is 1. The third-order valence-corrected chi connectivity index (χ3v) is 3.39. The van der Waals surface area contributed by atoms with Crippen LogP contribution in [0.2, 0.25) is 0 Å². The zero-order chi connectivity index (χ0) is 11.1. The first-order chi connectivity index (χ1) is 7.75. The lowest BCUT2D eigenvalue weighted by Gasteiger charge is -2.15. The summed E-state index contributed by atoms with van der Waals surface area (Å²) in [7, 11) is 4.04. The summed E-state index contributed by atoms with van der Waals surface area (Å²) in [5.74, 6) is 0.953. The van der Waals surface area contributed by atoms with Gasteiger partial charge in [0.05, 0.1) is 11.0 Å². The van der Waals surface area contributed by atoms with Crippen molar-refractivity contribution < 1.29 is 0 Å². The highest BCUT2D eigenvalue weighted by Gasteiger charge is 2.15. The molecule has 1 heterocycles. The van der Waals surface area contributed by atoms with Crippen LogP contribution in [0.15, 0.2) is 12.1 Å². The summed E-state index contributed by atoms with van der Waals surface area (Å²) in [5, 5.41) is 0. The lowest BCUT2D eigenvalue weighted by Crippen LogP contribution is -2.10. The number of aromatic nitrogens is 2. The number of aryl methyl sites for hydroxylation is 2. The third-order valence-electron chi connectivity index (χ3n) is 3.39. The first-order valence-corrected chi connectivity index (χ1v) is 5.93. The molecule has 0 atom stereocenters. The van der Waals surface area contributed by atoms with Gasteiger partial charge in [-0.3, -0.25) is 0 Å². The number of aromatic amines is 1. The lowest BCUT2D eigenvalue weighted by atomic mass is 9.91. The number of anilines is 1. The molecule has 84 valence electrons. The molecule has 3 rings (SSSR count). The van der Waals surface area contributed by atoms with Crippen molar-refractivity contribution in [2.24, 2.45) is 0 Å². The minimum Gasteiger partial charge on any atom is -0.349 e. The molecule has 3 nitrogen and oxygen atoms in total. The largest absolute Gasteiger partial charge is 0.349 e. The van der Waals surface area contributed by atoms with E-state index in [9.17, 15) is 0 Å². The smallest absolute Gasteiger partial charge is 0.203 e. The minimum atomic E-state index is 0.953. The summed E-state index contributed by atoms with van der Waals surface area (Å²) in [6.07, 6.45) is 5.03. The summed E-state index contributed by atoms with van der Waals surface area (Å²) in [4.78, 5) is 10.1. The van der Waals surface area contributed by atoms with Crippen LogP contribution < -0.4 is 4.90 Å². The molecule has 0 saturated heterocycles. The lowest BCUT2D eigenvalue weighted by molar-refractivity contribution is 0.689. The highest BCUT2D eigenvalue weighted by atomic mass is 15.2. The van der Waals surface area contributed by atoms with Gasteiger partial charge in [0.1, 0.15) is 0 Å². The van der Waals surface area contributed by atoms with Gasteiger partial charge >= 0.3 is 0 Å². The fraction of sp³-hybridized carbons (Fsp3) is 0.462. The quantitative estimate of drug-likeness (QED) is 0.792. The third kappa shape index (κ3) is 1.39. The molecular weight excluding hydrogens is 198 g/mol. The Kier molecular flexibility index (Phi) is 2.13. The molecule has 0 fully saturated rings. The summed E-state index contributed by atoms with van der Waals surface area (Å²) in [6.45, 7) is 0. The second kappa shape index (κ2) is 3.51. The standard InChI is InChI=1S/C13H17N3/c1-16(2)13-14-11-8-7-9-5-3-4-6-10(9)12(11)15-13/h7-8H,3-6H2,1-2H3,(H,14,15). The summed E-state index contributed by atoms with van der Waals surface area (Å²) in [6, 6.07) is 4.42. The number of nitrogens with zero attached hydrogens (tertiary/aromatic N) is 2. The molecule has 0 aliphatic heterocycles. The number of imidazole rings is 1. The fourth-order valence-electron chi connectivity index (χ4n) is 2.50. The zero-order valence-electron chi connectivity index (χ0n) is 9.88. The SMILES string of the molecule is CN(C)c1nc2c3c(ccc2[nH]1)CCCC3. The van der Waals surface area contributed by atoms with Crippen molar-refractivity contribution in [3.63, 3.8) is 0 Å². The molecule has 1 aliphatic carbocycles. The van der Waals surface area contributed by atoms with E-state index in [0.717, 1.165) is 5.95 Å². The molecule has 1 aromatic carbocycles. The molecule has 16 heavy (non-hydrogen) atoms. The van der Waals surface area contributed by atoms with E-state index in [2.05, 4.69) is 17.1 Å². The summed E-state index contributed by atoms with van der Waals surface area (Å²) < 4.78 is 0. The van der Waals surface area contributed by atoms with E-state index in [-0.39, 0.29) is 0 Å². The van der Waals surface area contributed by atoms with Gasteiger partial charge in [0, 0.05) is 14.1 Å². The Morgan fingerprint density at radius 2 is 2.00 bits per heavy atom. The zero-order valence-corrected chi connectivity index (χ0v) is 9.88. The van der Waals surface area contributed by atoms with Crippen LogP contribution in [0.3, 0.4) is 0 Å². The topological polar surface area (TPSA) is 31.9 Å². The molecule has 0 amide bonds. The van der Waals surface area contributed by atoms with Crippen LogP contribution in [0.5, 0.6) is 0 Å². The number of nitrogens with one attached hydrogen (secondary N) is 1. The highest BCUT2D eigenvalue weighted by Crippen LogP contribution is 2.28. The van der Waals surface area contributed by atoms with Gasteiger partial charge in [-0.15, -0.1) is 0 Å². The van der Waals surface area contributed by atoms with E-state index in [0.29, 0.717) is 0 Å². The molecule has 1 aromatic heterocycles. The average Bonchev–Trinajstić information content (AvgIpc) is 2.73. The van der Waals surface area contributed by atoms with E-state index < -0.39 is 0 Å². The molecule has 0 saturated carbocycles. The molecule has 1 aliphatic rings. The predicted octanol–water partition coefficient (Wildman–Crippen LogP) is 2.51. The van der Waals surface area contributed by atoms with Crippen LogP contribution >= 0.6 is 0 Å². The van der Waals surface area contributed by atoms with Crippen LogP contribution in [0, 0.1) is 0 Å². The van der Waals surface area contributed by atoms with Crippen molar-refractivity contribution in [1.82, 2.24) is 9.97 Å². The number of benzene rings is 1. The van der Waals surface area contributed by atoms with Crippen molar-refractivity contribution in [2.75, 3.05) is 19.0 Å². The minimum absolute atomic E-state index is 0.953. The molecular formula is C13H17N3. The van der Waals surface area contributed by atoms with E-state index in [1.807, 2.05) is 19.0 Å². The Labute approximate surface area is 95.5 Å². The maximum atomic E-state index is 4.70. The van der Waals surface area contributed by atoms with Gasteiger partial charge in [-0.05, 0) is 42.9 Å². The maximum Gasteiger partial charge on any atom is 0.203 e. The van der Waals surface area contributed by atoms with Crippen molar-refractivity contribution >= 4 is 17.0 Å². The van der Waals surface area contributed by atoms with E-state index in [1.165, 1.54) is 47.8 Å². The number of hydrogen-bond acceptors (Lipinski definition) is 2. The number of fused-ring (bicyclic) bond motifs is 3. The van der Waals surface area contributed by atoms with E-state index >= 15 is 0 Å². The maximum absolute atomic E-state index is 4.70. The van der Waals surface area contributed by atoms with Crippen LogP contribution in [0.1, 0.15) is 24.0 Å². The molecule has 0 unspecified atom stereocenters. The van der Waals surface area contributed by atoms with E-state index in [1.54, 1.807) is 0 Å². The number of rotatable bonds is 1. The van der Waals surface area contributed by atoms with Crippen LogP contribution in [0.25, 0.3) is 11.0 Å². The first-order valence-electron chi connectivity index (χ1n) is 5.93. The van der Waals surface area contributed by atoms with Gasteiger partial charge in [0.25, 0.3) is 0 Å². The number of H-pyrrole nitrogens is 1. The molecule has 2 aromatic rings. The Morgan fingerprint density at radius 1 is 1.19 bits per heavy atom. The molecule has 1 N–H and O–H groups in total. The van der Waals surface area contributed by atoms with Crippen LogP contribution in [0.4, 0.5) is 5.95 Å². The second-order valence-corrected chi connectivity index (χ2v) is 4.76. The highest BCUT2D eigenvalue weighted by molar-refractivity contribution is 5.82. The van der Waals surface area contributed by atoms with E-state index in [4.69, 9.17) is 4.98 Å². The van der Waals surface area contributed by atoms with Crippen molar-refractivity contribution in [2.45, 2.75) is 25.7 Å². The van der Waals surface area contributed by atoms with Gasteiger partial charge in [-0.1, -0.05) is 6.07 Å². The van der Waals surface area contributed by atoms with Crippen molar-refractivity contribution in [3.05, 3.63) is 23.3 Å². The van der Waals surface area contributed by atoms with Gasteiger partial charge in [0.15, 0.2) is 0 Å². The van der Waals surface area contributed by atoms with Gasteiger partial charge in [-0.2, -0.15) is 0 Å². The Balaban J connectivity index is 2.22. The predicted molar refractivity (Wildman–Crippen MR) is 67.1 cm³/mol. The van der Waals surface area contributed by atoms with Gasteiger partial charge in [0.2, 0.25) is 5.95 Å². The Hall–Kier alpha value is -1.51. The first kappa shape index (κ1) is 9.70. The normalized spacial score (nSPS) is 15.1. The molecule has 3 heteroatoms. The molecule has 0 radical (unpaired) electrons. The molecule has 0 spiro atoms. The second-order valence-electron chi connectivity index (χ2n) is 4.76. The summed E-state index contributed by atoms with van der Waals surface area (Å²) >= 11 is 0. The van der Waals surface area contributed by atoms with Gasteiger partial charge < -0.3 is 9.88 Å². The van der Waals surface area contributed by atoms with Gasteiger partial charge in [-0.25, -0.2) is 4.98 Å².